The van der Waals surface area contributed by atoms with Gasteiger partial charge in [-0.1, -0.05) is 152 Å². The van der Waals surface area contributed by atoms with E-state index in [0.29, 0.717) is 0 Å². The minimum Gasteiger partial charge on any atom is -0.309 e. The first-order chi connectivity index (χ1) is 22.2. The largest absolute Gasteiger partial charge is 0.309 e. The molecule has 0 spiro atoms. The zero-order valence-corrected chi connectivity index (χ0v) is 25.4. The number of hydrogen-bond donors (Lipinski definition) is 0. The third kappa shape index (κ3) is 4.61. The molecule has 0 atom stereocenters. The van der Waals surface area contributed by atoms with Gasteiger partial charge in [-0.05, 0) is 40.8 Å². The van der Waals surface area contributed by atoms with Crippen molar-refractivity contribution in [3.63, 3.8) is 0 Å². The third-order valence-corrected chi connectivity index (χ3v) is 11.5. The van der Waals surface area contributed by atoms with Crippen LogP contribution in [0.1, 0.15) is 0 Å². The topological polar surface area (TPSA) is 34.9 Å². The first-order valence-corrected chi connectivity index (χ1v) is 16.8. The minimum atomic E-state index is -3.17. The number of aromatic nitrogens is 2. The zero-order valence-electron chi connectivity index (χ0n) is 24.5. The lowest BCUT2D eigenvalue weighted by molar-refractivity contribution is 0.592. The Labute approximate surface area is 262 Å². The molecule has 8 aromatic rings. The van der Waals surface area contributed by atoms with Crippen molar-refractivity contribution in [3.8, 4) is 28.1 Å². The van der Waals surface area contributed by atoms with Crippen LogP contribution in [0, 0.1) is 0 Å². The van der Waals surface area contributed by atoms with Crippen LogP contribution in [0.3, 0.4) is 0 Å². The molecule has 0 saturated heterocycles. The zero-order chi connectivity index (χ0) is 30.2. The average molecular weight is 597 g/mol. The van der Waals surface area contributed by atoms with Crippen molar-refractivity contribution in [1.82, 2.24) is 9.78 Å². The number of benzene rings is 7. The van der Waals surface area contributed by atoms with Crippen LogP contribution in [-0.4, -0.2) is 9.78 Å². The summed E-state index contributed by atoms with van der Waals surface area (Å²) in [5.41, 5.74) is 6.06. The number of rotatable bonds is 6. The molecule has 0 unspecified atom stereocenters. The first kappa shape index (κ1) is 27.1. The lowest BCUT2D eigenvalue weighted by atomic mass is 9.94. The maximum absolute atomic E-state index is 15.3. The summed E-state index contributed by atoms with van der Waals surface area (Å²) in [5, 5.41) is 11.0. The highest BCUT2D eigenvalue weighted by Crippen LogP contribution is 2.45. The molecule has 45 heavy (non-hydrogen) atoms. The van der Waals surface area contributed by atoms with Crippen molar-refractivity contribution in [2.24, 2.45) is 0 Å². The lowest BCUT2D eigenvalue weighted by Crippen LogP contribution is -2.25. The van der Waals surface area contributed by atoms with Crippen LogP contribution in [-0.2, 0) is 4.57 Å². The molecule has 3 nitrogen and oxygen atoms in total. The van der Waals surface area contributed by atoms with Crippen molar-refractivity contribution in [3.05, 3.63) is 176 Å². The van der Waals surface area contributed by atoms with Gasteiger partial charge in [-0.15, -0.1) is 0 Å². The van der Waals surface area contributed by atoms with Crippen LogP contribution in [0.25, 0.3) is 49.7 Å². The molecular weight excluding hydrogens is 567 g/mol. The van der Waals surface area contributed by atoms with E-state index < -0.39 is 7.14 Å². The predicted molar refractivity (Wildman–Crippen MR) is 189 cm³/mol. The van der Waals surface area contributed by atoms with E-state index in [4.69, 9.17) is 5.10 Å². The van der Waals surface area contributed by atoms with E-state index in [9.17, 15) is 0 Å². The third-order valence-electron chi connectivity index (χ3n) is 8.48. The van der Waals surface area contributed by atoms with Crippen LogP contribution in [0.2, 0.25) is 0 Å². The van der Waals surface area contributed by atoms with E-state index in [0.717, 1.165) is 65.7 Å². The van der Waals surface area contributed by atoms with E-state index in [2.05, 4.69) is 83.5 Å². The summed E-state index contributed by atoms with van der Waals surface area (Å²) in [6, 6.07) is 59.4. The van der Waals surface area contributed by atoms with Gasteiger partial charge >= 0.3 is 0 Å². The van der Waals surface area contributed by atoms with Crippen LogP contribution < -0.4 is 15.9 Å². The smallest absolute Gasteiger partial charge is 0.171 e. The summed E-state index contributed by atoms with van der Waals surface area (Å²) in [6.45, 7) is 0. The molecule has 0 N–H and O–H groups in total. The first-order valence-electron chi connectivity index (χ1n) is 15.1. The molecule has 8 rings (SSSR count). The summed E-state index contributed by atoms with van der Waals surface area (Å²) in [7, 11) is -3.17. The van der Waals surface area contributed by atoms with Crippen molar-refractivity contribution in [1.29, 1.82) is 0 Å². The molecule has 0 aliphatic heterocycles. The van der Waals surface area contributed by atoms with Gasteiger partial charge in [0, 0.05) is 32.2 Å². The fourth-order valence-corrected chi connectivity index (χ4v) is 9.06. The summed E-state index contributed by atoms with van der Waals surface area (Å²) in [6.07, 6.45) is 0. The second-order valence-corrected chi connectivity index (χ2v) is 13.9. The van der Waals surface area contributed by atoms with E-state index in [1.54, 1.807) is 0 Å². The van der Waals surface area contributed by atoms with E-state index in [1.807, 2.05) is 97.1 Å². The van der Waals surface area contributed by atoms with Crippen LogP contribution >= 0.6 is 7.14 Å². The Morgan fingerprint density at radius 3 is 1.69 bits per heavy atom. The number of para-hydroxylation sites is 1. The molecule has 0 aliphatic rings. The fourth-order valence-electron chi connectivity index (χ4n) is 6.36. The highest BCUT2D eigenvalue weighted by Gasteiger charge is 2.30. The van der Waals surface area contributed by atoms with Gasteiger partial charge in [0.25, 0.3) is 0 Å². The molecule has 0 amide bonds. The summed E-state index contributed by atoms with van der Waals surface area (Å²) in [5.74, 6) is 0. The fraction of sp³-hybridized carbons (Fsp3) is 0. The molecule has 7 aromatic carbocycles. The molecule has 1 aromatic heterocycles. The summed E-state index contributed by atoms with van der Waals surface area (Å²) >= 11 is 0. The van der Waals surface area contributed by atoms with Crippen molar-refractivity contribution in [2.75, 3.05) is 0 Å². The van der Waals surface area contributed by atoms with Gasteiger partial charge in [0.15, 0.2) is 7.14 Å². The van der Waals surface area contributed by atoms with Gasteiger partial charge in [0.1, 0.15) is 5.69 Å². The van der Waals surface area contributed by atoms with E-state index in [-0.39, 0.29) is 0 Å². The Balaban J connectivity index is 1.46. The van der Waals surface area contributed by atoms with Gasteiger partial charge in [0.2, 0.25) is 0 Å². The van der Waals surface area contributed by atoms with Crippen molar-refractivity contribution in [2.45, 2.75) is 0 Å². The molecule has 0 fully saturated rings. The quantitative estimate of drug-likeness (QED) is 0.180. The second kappa shape index (κ2) is 11.2. The lowest BCUT2D eigenvalue weighted by Gasteiger charge is -2.21. The Bertz CT molecular complexity index is 2290. The molecule has 0 aliphatic carbocycles. The van der Waals surface area contributed by atoms with Gasteiger partial charge in [0.05, 0.1) is 11.2 Å². The number of nitrogens with zero attached hydrogens (tertiary/aromatic N) is 2. The van der Waals surface area contributed by atoms with Crippen LogP contribution in [0.15, 0.2) is 176 Å². The number of fused-ring (bicyclic) bond motifs is 3. The van der Waals surface area contributed by atoms with Gasteiger partial charge in [-0.2, -0.15) is 5.10 Å². The second-order valence-electron chi connectivity index (χ2n) is 11.2. The molecule has 0 saturated carbocycles. The molecule has 0 bridgehead atoms. The Kier molecular flexibility index (Phi) is 6.74. The Morgan fingerprint density at radius 2 is 1.02 bits per heavy atom. The molecular formula is C41H29N2OP. The summed E-state index contributed by atoms with van der Waals surface area (Å²) < 4.78 is 17.4. The molecule has 0 radical (unpaired) electrons. The monoisotopic (exact) mass is 596 g/mol. The molecule has 1 heterocycles. The van der Waals surface area contributed by atoms with Gasteiger partial charge in [-0.3, -0.25) is 0 Å². The van der Waals surface area contributed by atoms with Crippen molar-refractivity contribution < 1.29 is 4.57 Å². The average Bonchev–Trinajstić information content (AvgIpc) is 3.54. The SMILES string of the molecule is O=P(c1ccccc1)(c1ccccc1)c1cccc(-c2cc3ccccc3c3c2c(-c2ccccc2)nn3-c2ccccc2)c1. The molecule has 4 heteroatoms. The maximum Gasteiger partial charge on any atom is 0.171 e. The minimum absolute atomic E-state index is 0.801. The number of hydrogen-bond acceptors (Lipinski definition) is 2. The Morgan fingerprint density at radius 1 is 0.489 bits per heavy atom. The highest BCUT2D eigenvalue weighted by molar-refractivity contribution is 7.85. The maximum atomic E-state index is 15.3. The summed E-state index contributed by atoms with van der Waals surface area (Å²) in [4.78, 5) is 0. The van der Waals surface area contributed by atoms with E-state index in [1.165, 1.54) is 0 Å². The van der Waals surface area contributed by atoms with Crippen LogP contribution in [0.5, 0.6) is 0 Å². The Hall–Kier alpha value is -5.50. The van der Waals surface area contributed by atoms with Crippen LogP contribution in [0.4, 0.5) is 0 Å². The molecule has 214 valence electrons. The normalized spacial score (nSPS) is 11.6. The predicted octanol–water partition coefficient (Wildman–Crippen LogP) is 9.15. The highest BCUT2D eigenvalue weighted by atomic mass is 31.2. The van der Waals surface area contributed by atoms with E-state index >= 15 is 4.57 Å². The standard InChI is InChI=1S/C41H29N2OP/c44-45(34-22-9-3-10-23-34,35-24-11-4-12-25-35)36-26-15-19-31(28-36)38-29-32-18-13-14-27-37(32)41-39(38)40(30-16-5-1-6-17-30)42-43(41)33-20-7-2-8-21-33/h1-29H. The van der Waals surface area contributed by atoms with Gasteiger partial charge < -0.3 is 4.57 Å². The van der Waals surface area contributed by atoms with Gasteiger partial charge in [-0.25, -0.2) is 4.68 Å². The van der Waals surface area contributed by atoms with Crippen molar-refractivity contribution >= 4 is 44.7 Å².